The van der Waals surface area contributed by atoms with Crippen LogP contribution in [0.4, 0.5) is 0 Å². The van der Waals surface area contributed by atoms with Crippen LogP contribution >= 0.6 is 0 Å². The fourth-order valence-electron chi connectivity index (χ4n) is 0.177. The molecule has 0 unspecified atom stereocenters. The molecule has 0 aromatic heterocycles. The van der Waals surface area contributed by atoms with E-state index in [1.54, 1.807) is 0 Å². The molecule has 0 atom stereocenters. The van der Waals surface area contributed by atoms with Gasteiger partial charge in [0.1, 0.15) is 0 Å². The van der Waals surface area contributed by atoms with Gasteiger partial charge in [-0.15, -0.1) is 0 Å². The van der Waals surface area contributed by atoms with Crippen molar-refractivity contribution >= 4 is 0 Å². The van der Waals surface area contributed by atoms with Gasteiger partial charge in [-0.1, -0.05) is 18.8 Å². The molecule has 0 fully saturated rings. The molecule has 1 radical (unpaired) electrons. The van der Waals surface area contributed by atoms with Gasteiger partial charge in [0.25, 0.3) is 0 Å². The van der Waals surface area contributed by atoms with Crippen molar-refractivity contribution in [3.63, 3.8) is 0 Å². The van der Waals surface area contributed by atoms with Crippen LogP contribution in [0.25, 0.3) is 0 Å². The number of rotatable bonds is 0. The molecule has 0 heteroatoms. The summed E-state index contributed by atoms with van der Waals surface area (Å²) in [5.41, 5.74) is 0. The molecule has 0 aliphatic carbocycles. The molecule has 0 heterocycles. The van der Waals surface area contributed by atoms with E-state index in [9.17, 15) is 0 Å². The quantitative estimate of drug-likeness (QED) is 0.393. The summed E-state index contributed by atoms with van der Waals surface area (Å²) in [6.45, 7) is 5.28. The maximum atomic E-state index is 3.29. The van der Waals surface area contributed by atoms with Crippen molar-refractivity contribution in [2.45, 2.75) is 13.3 Å². The lowest BCUT2D eigenvalue weighted by atomic mass is 10.5. The van der Waals surface area contributed by atoms with Crippen molar-refractivity contribution in [1.82, 2.24) is 0 Å². The number of hydrogen-bond acceptors (Lipinski definition) is 0. The third-order valence-electron chi connectivity index (χ3n) is 0.416. The molecule has 0 rings (SSSR count). The minimum Gasteiger partial charge on any atom is -0.0894 e. The van der Waals surface area contributed by atoms with Gasteiger partial charge in [0.2, 0.25) is 0 Å². The van der Waals surface area contributed by atoms with Crippen LogP contribution in [0.3, 0.4) is 0 Å². The SMILES string of the molecule is [CH2]C#CC#CCC. The first-order valence-corrected chi connectivity index (χ1v) is 2.16. The van der Waals surface area contributed by atoms with Crippen LogP contribution in [0, 0.1) is 30.6 Å². The van der Waals surface area contributed by atoms with Crippen molar-refractivity contribution < 1.29 is 0 Å². The lowest BCUT2D eigenvalue weighted by Crippen LogP contribution is -1.50. The lowest BCUT2D eigenvalue weighted by molar-refractivity contribution is 1.28. The van der Waals surface area contributed by atoms with E-state index in [1.165, 1.54) is 0 Å². The number of hydrogen-bond donors (Lipinski definition) is 0. The normalized spacial score (nSPS) is 4.86. The van der Waals surface area contributed by atoms with Crippen molar-refractivity contribution in [3.8, 4) is 23.7 Å². The Balaban J connectivity index is 3.39. The van der Waals surface area contributed by atoms with Crippen LogP contribution in [0.5, 0.6) is 0 Å². The van der Waals surface area contributed by atoms with Gasteiger partial charge in [-0.25, -0.2) is 0 Å². The average Bonchev–Trinajstić information content (AvgIpc) is 1.69. The van der Waals surface area contributed by atoms with Crippen molar-refractivity contribution in [2.24, 2.45) is 0 Å². The zero-order valence-corrected chi connectivity index (χ0v) is 4.41. The first-order chi connectivity index (χ1) is 3.41. The molecule has 0 bridgehead atoms. The van der Waals surface area contributed by atoms with E-state index in [2.05, 4.69) is 30.6 Å². The van der Waals surface area contributed by atoms with Crippen LogP contribution in [-0.4, -0.2) is 0 Å². The summed E-state index contributed by atoms with van der Waals surface area (Å²) in [6, 6.07) is 0. The highest BCUT2D eigenvalue weighted by Gasteiger charge is 1.53. The molecule has 0 saturated carbocycles. The van der Waals surface area contributed by atoms with E-state index in [0.29, 0.717) is 0 Å². The molecule has 0 amide bonds. The Kier molecular flexibility index (Phi) is 4.48. The van der Waals surface area contributed by atoms with E-state index < -0.39 is 0 Å². The fourth-order valence-corrected chi connectivity index (χ4v) is 0.177. The zero-order valence-electron chi connectivity index (χ0n) is 4.41. The van der Waals surface area contributed by atoms with Crippen LogP contribution in [-0.2, 0) is 0 Å². The molecule has 0 N–H and O–H groups in total. The van der Waals surface area contributed by atoms with Crippen molar-refractivity contribution in [1.29, 1.82) is 0 Å². The Morgan fingerprint density at radius 3 is 2.57 bits per heavy atom. The fraction of sp³-hybridized carbons (Fsp3) is 0.286. The summed E-state index contributed by atoms with van der Waals surface area (Å²) in [7, 11) is 0. The maximum absolute atomic E-state index is 3.29. The Labute approximate surface area is 44.9 Å². The summed E-state index contributed by atoms with van der Waals surface area (Å²) in [4.78, 5) is 0. The van der Waals surface area contributed by atoms with Gasteiger partial charge in [-0.2, -0.15) is 0 Å². The molecule has 0 aromatic rings. The minimum atomic E-state index is 0.870. The van der Waals surface area contributed by atoms with E-state index in [4.69, 9.17) is 0 Å². The van der Waals surface area contributed by atoms with Gasteiger partial charge in [0.05, 0.1) is 0 Å². The van der Waals surface area contributed by atoms with Crippen LogP contribution in [0.1, 0.15) is 13.3 Å². The van der Waals surface area contributed by atoms with Crippen LogP contribution in [0.2, 0.25) is 0 Å². The first-order valence-electron chi connectivity index (χ1n) is 2.16. The highest BCUT2D eigenvalue weighted by molar-refractivity contribution is 5.26. The molecular formula is C7H7. The topological polar surface area (TPSA) is 0 Å². The summed E-state index contributed by atoms with van der Waals surface area (Å²) in [6.07, 6.45) is 0.870. The van der Waals surface area contributed by atoms with Gasteiger partial charge in [0, 0.05) is 13.3 Å². The lowest BCUT2D eigenvalue weighted by Gasteiger charge is -1.59. The molecular weight excluding hydrogens is 84.1 g/mol. The molecule has 0 saturated heterocycles. The monoisotopic (exact) mass is 91.1 g/mol. The molecule has 0 nitrogen and oxygen atoms in total. The van der Waals surface area contributed by atoms with E-state index in [0.717, 1.165) is 6.42 Å². The second-order valence-electron chi connectivity index (χ2n) is 0.957. The smallest absolute Gasteiger partial charge is 0.0209 e. The highest BCUT2D eigenvalue weighted by Crippen LogP contribution is 1.63. The second-order valence-corrected chi connectivity index (χ2v) is 0.957. The molecule has 7 heavy (non-hydrogen) atoms. The molecule has 35 valence electrons. The zero-order chi connectivity index (χ0) is 5.54. The minimum absolute atomic E-state index is 0.870. The Morgan fingerprint density at radius 1 is 1.43 bits per heavy atom. The van der Waals surface area contributed by atoms with Crippen LogP contribution in [0.15, 0.2) is 0 Å². The first kappa shape index (κ1) is 6.12. The summed E-state index contributed by atoms with van der Waals surface area (Å²) in [5, 5.41) is 0. The summed E-state index contributed by atoms with van der Waals surface area (Å²) >= 11 is 0. The van der Waals surface area contributed by atoms with Crippen molar-refractivity contribution in [2.75, 3.05) is 0 Å². The van der Waals surface area contributed by atoms with E-state index in [1.807, 2.05) is 6.92 Å². The highest BCUT2D eigenvalue weighted by atomic mass is 13.6. The molecule has 0 spiro atoms. The van der Waals surface area contributed by atoms with Gasteiger partial charge in [-0.05, 0) is 11.8 Å². The molecule has 0 aromatic carbocycles. The average molecular weight is 91.1 g/mol. The van der Waals surface area contributed by atoms with E-state index >= 15 is 0 Å². The molecule has 0 aliphatic rings. The van der Waals surface area contributed by atoms with Gasteiger partial charge >= 0.3 is 0 Å². The second kappa shape index (κ2) is 5.12. The standard InChI is InChI=1S/C7H7/c1-3-5-7-6-4-2/h1,4H2,2H3. The Hall–Kier alpha value is -0.880. The third-order valence-corrected chi connectivity index (χ3v) is 0.416. The summed E-state index contributed by atoms with van der Waals surface area (Å²) < 4.78 is 0. The maximum Gasteiger partial charge on any atom is 0.0209 e. The van der Waals surface area contributed by atoms with E-state index in [-0.39, 0.29) is 0 Å². The van der Waals surface area contributed by atoms with Crippen LogP contribution < -0.4 is 0 Å². The summed E-state index contributed by atoms with van der Waals surface area (Å²) in [5.74, 6) is 10.4. The Bertz CT molecular complexity index is 133. The van der Waals surface area contributed by atoms with Crippen molar-refractivity contribution in [3.05, 3.63) is 6.92 Å². The third kappa shape index (κ3) is 5.12. The van der Waals surface area contributed by atoms with Gasteiger partial charge in [-0.3, -0.25) is 0 Å². The van der Waals surface area contributed by atoms with Gasteiger partial charge < -0.3 is 0 Å². The van der Waals surface area contributed by atoms with Gasteiger partial charge in [0.15, 0.2) is 0 Å². The predicted molar refractivity (Wildman–Crippen MR) is 31.2 cm³/mol. The Morgan fingerprint density at radius 2 is 2.14 bits per heavy atom. The molecule has 0 aliphatic heterocycles. The predicted octanol–water partition coefficient (Wildman–Crippen LogP) is 1.24. The largest absolute Gasteiger partial charge is 0.0894 e.